The second-order valence-electron chi connectivity index (χ2n) is 8.16. The van der Waals surface area contributed by atoms with E-state index < -0.39 is 30.6 Å². The average molecular weight is 413 g/mol. The number of cyclic esters (lactones) is 2. The lowest BCUT2D eigenvalue weighted by molar-refractivity contribution is -0.171. The van der Waals surface area contributed by atoms with Crippen molar-refractivity contribution in [2.24, 2.45) is 0 Å². The molecule has 168 valence electrons. The van der Waals surface area contributed by atoms with E-state index in [4.69, 9.17) is 9.47 Å². The van der Waals surface area contributed by atoms with E-state index in [-0.39, 0.29) is 12.8 Å². The third kappa shape index (κ3) is 15.0. The molecule has 0 saturated carbocycles. The Balaban J connectivity index is 2.37. The highest BCUT2D eigenvalue weighted by Crippen LogP contribution is 2.15. The second kappa shape index (κ2) is 17.3. The quantitative estimate of drug-likeness (QED) is 0.567. The molecule has 0 aromatic carbocycles. The van der Waals surface area contributed by atoms with Gasteiger partial charge in [-0.25, -0.2) is 4.79 Å². The van der Waals surface area contributed by atoms with E-state index >= 15 is 0 Å². The van der Waals surface area contributed by atoms with Crippen molar-refractivity contribution < 1.29 is 29.0 Å². The van der Waals surface area contributed by atoms with E-state index in [9.17, 15) is 19.5 Å². The molecule has 0 amide bonds. The standard InChI is InChI=1S/C23H40O6/c24-21-17-15-13-11-9-7-5-3-1-2-4-6-8-10-12-14-16-18-22(25)29-20(19-28-21)23(26)27/h20H,1-19H2,(H,26,27)/t20-/m1/s1. The van der Waals surface area contributed by atoms with Crippen molar-refractivity contribution in [3.05, 3.63) is 0 Å². The third-order valence-electron chi connectivity index (χ3n) is 5.46. The molecule has 0 aromatic rings. The van der Waals surface area contributed by atoms with Gasteiger partial charge in [0.25, 0.3) is 0 Å². The second-order valence-corrected chi connectivity index (χ2v) is 8.16. The van der Waals surface area contributed by atoms with Gasteiger partial charge in [-0.1, -0.05) is 89.9 Å². The molecular formula is C23H40O6. The first-order valence-corrected chi connectivity index (χ1v) is 11.7. The largest absolute Gasteiger partial charge is 0.478 e. The van der Waals surface area contributed by atoms with Gasteiger partial charge in [-0.15, -0.1) is 0 Å². The van der Waals surface area contributed by atoms with Gasteiger partial charge in [-0.3, -0.25) is 9.59 Å². The zero-order valence-corrected chi connectivity index (χ0v) is 18.0. The molecule has 0 aliphatic carbocycles. The highest BCUT2D eigenvalue weighted by atomic mass is 16.6. The average Bonchev–Trinajstić information content (AvgIpc) is 2.69. The first-order chi connectivity index (χ1) is 14.1. The molecule has 1 rings (SSSR count). The highest BCUT2D eigenvalue weighted by Gasteiger charge is 2.24. The SMILES string of the molecule is O=C1CCCCCCCCCCCCCCCCCCC(=O)O[C@@H](C(=O)O)CO1. The molecule has 6 nitrogen and oxygen atoms in total. The summed E-state index contributed by atoms with van der Waals surface area (Å²) >= 11 is 0. The van der Waals surface area contributed by atoms with Crippen LogP contribution in [0.4, 0.5) is 0 Å². The third-order valence-corrected chi connectivity index (χ3v) is 5.46. The smallest absolute Gasteiger partial charge is 0.348 e. The van der Waals surface area contributed by atoms with E-state index in [0.717, 1.165) is 32.1 Å². The van der Waals surface area contributed by atoms with Gasteiger partial charge < -0.3 is 14.6 Å². The van der Waals surface area contributed by atoms with Crippen molar-refractivity contribution in [2.45, 2.75) is 122 Å². The van der Waals surface area contributed by atoms with Crippen LogP contribution in [-0.4, -0.2) is 35.7 Å². The van der Waals surface area contributed by atoms with Gasteiger partial charge >= 0.3 is 17.9 Å². The Morgan fingerprint density at radius 2 is 0.966 bits per heavy atom. The minimum absolute atomic E-state index is 0.206. The summed E-state index contributed by atoms with van der Waals surface area (Å²) in [7, 11) is 0. The molecule has 1 aliphatic rings. The Hall–Kier alpha value is -1.59. The number of hydrogen-bond acceptors (Lipinski definition) is 5. The van der Waals surface area contributed by atoms with E-state index in [1.165, 1.54) is 64.2 Å². The topological polar surface area (TPSA) is 89.9 Å². The van der Waals surface area contributed by atoms with E-state index in [1.807, 2.05) is 0 Å². The molecule has 0 unspecified atom stereocenters. The van der Waals surface area contributed by atoms with Crippen LogP contribution in [0.2, 0.25) is 0 Å². The number of hydrogen-bond donors (Lipinski definition) is 1. The lowest BCUT2D eigenvalue weighted by Gasteiger charge is -2.14. The lowest BCUT2D eigenvalue weighted by atomic mass is 10.0. The van der Waals surface area contributed by atoms with E-state index in [1.54, 1.807) is 0 Å². The van der Waals surface area contributed by atoms with Crippen LogP contribution in [-0.2, 0) is 23.9 Å². The molecule has 1 aliphatic heterocycles. The Morgan fingerprint density at radius 3 is 1.34 bits per heavy atom. The Kier molecular flexibility index (Phi) is 15.2. The zero-order chi connectivity index (χ0) is 21.2. The fraction of sp³-hybridized carbons (Fsp3) is 0.870. The van der Waals surface area contributed by atoms with Crippen molar-refractivity contribution in [3.8, 4) is 0 Å². The number of rotatable bonds is 1. The van der Waals surface area contributed by atoms with Gasteiger partial charge in [-0.2, -0.15) is 0 Å². The molecule has 0 spiro atoms. The first-order valence-electron chi connectivity index (χ1n) is 11.7. The summed E-state index contributed by atoms with van der Waals surface area (Å²) in [5, 5.41) is 9.18. The molecule has 0 radical (unpaired) electrons. The number of carboxylic acid groups (broad SMARTS) is 1. The fourth-order valence-corrected chi connectivity index (χ4v) is 3.63. The van der Waals surface area contributed by atoms with Crippen molar-refractivity contribution in [1.29, 1.82) is 0 Å². The number of aliphatic carboxylic acids is 1. The van der Waals surface area contributed by atoms with Crippen LogP contribution in [0.15, 0.2) is 0 Å². The molecule has 1 N–H and O–H groups in total. The molecule has 1 heterocycles. The summed E-state index contributed by atoms with van der Waals surface area (Å²) in [5.74, 6) is -2.25. The van der Waals surface area contributed by atoms with Gasteiger partial charge in [0.15, 0.2) is 0 Å². The molecule has 6 heteroatoms. The predicted octanol–water partition coefficient (Wildman–Crippen LogP) is 5.56. The molecule has 1 atom stereocenters. The maximum absolute atomic E-state index is 11.9. The first kappa shape index (κ1) is 25.4. The normalized spacial score (nSPS) is 23.9. The molecule has 1 fully saturated rings. The number of carboxylic acids is 1. The number of esters is 2. The van der Waals surface area contributed by atoms with E-state index in [0.29, 0.717) is 6.42 Å². The predicted molar refractivity (Wildman–Crippen MR) is 112 cm³/mol. The maximum Gasteiger partial charge on any atom is 0.348 e. The van der Waals surface area contributed by atoms with Crippen molar-refractivity contribution in [1.82, 2.24) is 0 Å². The summed E-state index contributed by atoms with van der Waals surface area (Å²) in [4.78, 5) is 34.9. The van der Waals surface area contributed by atoms with Gasteiger partial charge in [0.1, 0.15) is 6.61 Å². The Morgan fingerprint density at radius 1 is 0.621 bits per heavy atom. The van der Waals surface area contributed by atoms with Crippen LogP contribution in [0.1, 0.15) is 116 Å². The van der Waals surface area contributed by atoms with Gasteiger partial charge in [0, 0.05) is 12.8 Å². The number of carbonyl (C=O) groups excluding carboxylic acids is 2. The minimum Gasteiger partial charge on any atom is -0.478 e. The van der Waals surface area contributed by atoms with Crippen molar-refractivity contribution in [2.75, 3.05) is 6.61 Å². The molecule has 0 aromatic heterocycles. The lowest BCUT2D eigenvalue weighted by Crippen LogP contribution is -2.32. The van der Waals surface area contributed by atoms with Gasteiger partial charge in [0.2, 0.25) is 6.10 Å². The van der Waals surface area contributed by atoms with Gasteiger partial charge in [0.05, 0.1) is 0 Å². The summed E-state index contributed by atoms with van der Waals surface area (Å²) in [6.45, 7) is -0.417. The van der Waals surface area contributed by atoms with Crippen molar-refractivity contribution >= 4 is 17.9 Å². The van der Waals surface area contributed by atoms with Crippen LogP contribution < -0.4 is 0 Å². The van der Waals surface area contributed by atoms with Crippen LogP contribution in [0.5, 0.6) is 0 Å². The van der Waals surface area contributed by atoms with Crippen LogP contribution in [0.3, 0.4) is 0 Å². The van der Waals surface area contributed by atoms with Gasteiger partial charge in [-0.05, 0) is 12.8 Å². The van der Waals surface area contributed by atoms with Crippen LogP contribution >= 0.6 is 0 Å². The van der Waals surface area contributed by atoms with Crippen molar-refractivity contribution in [3.63, 3.8) is 0 Å². The highest BCUT2D eigenvalue weighted by molar-refractivity contribution is 5.78. The fourth-order valence-electron chi connectivity index (χ4n) is 3.63. The van der Waals surface area contributed by atoms with E-state index in [2.05, 4.69) is 0 Å². The number of ether oxygens (including phenoxy) is 2. The number of carbonyl (C=O) groups is 3. The molecule has 1 saturated heterocycles. The van der Waals surface area contributed by atoms with Crippen LogP contribution in [0, 0.1) is 0 Å². The molecule has 0 bridgehead atoms. The minimum atomic E-state index is -1.42. The Bertz CT molecular complexity index is 462. The maximum atomic E-state index is 11.9. The molecule has 29 heavy (non-hydrogen) atoms. The summed E-state index contributed by atoms with van der Waals surface area (Å²) in [6, 6.07) is 0. The Labute approximate surface area is 175 Å². The van der Waals surface area contributed by atoms with Crippen LogP contribution in [0.25, 0.3) is 0 Å². The molecular weight excluding hydrogens is 372 g/mol. The summed E-state index contributed by atoms with van der Waals surface area (Å²) in [5.41, 5.74) is 0. The monoisotopic (exact) mass is 412 g/mol. The zero-order valence-electron chi connectivity index (χ0n) is 18.0. The summed E-state index contributed by atoms with van der Waals surface area (Å²) in [6.07, 6.45) is 17.4. The summed E-state index contributed by atoms with van der Waals surface area (Å²) < 4.78 is 9.99.